The highest BCUT2D eigenvalue weighted by atomic mass is 16.3. The third-order valence-corrected chi connectivity index (χ3v) is 8.50. The Bertz CT molecular complexity index is 2490. The Morgan fingerprint density at radius 3 is 1.81 bits per heavy atom. The van der Waals surface area contributed by atoms with Gasteiger partial charge in [-0.15, -0.1) is 0 Å². The highest BCUT2D eigenvalue weighted by Crippen LogP contribution is 2.38. The van der Waals surface area contributed by atoms with Crippen LogP contribution in [0.4, 0.5) is 0 Å². The topological polar surface area (TPSA) is 38.9 Å². The van der Waals surface area contributed by atoms with Crippen LogP contribution in [0.3, 0.4) is 0 Å². The van der Waals surface area contributed by atoms with E-state index in [0.29, 0.717) is 0 Å². The molecule has 2 aromatic heterocycles. The number of hydrogen-bond acceptors (Lipinski definition) is 3. The SMILES string of the molecule is c1ccc(-c2cnc3c4ccc(-c5cccc(-c6ccc7oc8ccccc8c7c6)c5)cc4c4ccccc4c3n2)cc1. The number of hydrogen-bond donors (Lipinski definition) is 0. The van der Waals surface area contributed by atoms with Gasteiger partial charge in [-0.3, -0.25) is 4.98 Å². The first-order valence-corrected chi connectivity index (χ1v) is 14.5. The Hall–Kier alpha value is -5.80. The maximum atomic E-state index is 6.06. The van der Waals surface area contributed by atoms with Crippen molar-refractivity contribution in [1.29, 1.82) is 0 Å². The smallest absolute Gasteiger partial charge is 0.135 e. The van der Waals surface area contributed by atoms with Crippen LogP contribution in [-0.4, -0.2) is 9.97 Å². The number of fused-ring (bicyclic) bond motifs is 9. The molecule has 7 aromatic carbocycles. The van der Waals surface area contributed by atoms with Gasteiger partial charge in [0.05, 0.1) is 22.9 Å². The van der Waals surface area contributed by atoms with Crippen molar-refractivity contribution in [1.82, 2.24) is 9.97 Å². The standard InChI is InChI=1S/C40H24N2O/c1-2-9-25(10-3-1)36-24-41-39-33-19-17-28(22-34(33)30-13-4-5-15-32(30)40(39)42-36)26-11-8-12-27(21-26)29-18-20-38-35(23-29)31-14-6-7-16-37(31)43-38/h1-24H. The van der Waals surface area contributed by atoms with E-state index >= 15 is 0 Å². The zero-order valence-corrected chi connectivity index (χ0v) is 23.2. The lowest BCUT2D eigenvalue weighted by atomic mass is 9.94. The summed E-state index contributed by atoms with van der Waals surface area (Å²) in [5.41, 5.74) is 10.3. The van der Waals surface area contributed by atoms with E-state index in [9.17, 15) is 0 Å². The molecule has 0 aliphatic carbocycles. The molecule has 3 heteroatoms. The molecule has 9 aromatic rings. The zero-order valence-electron chi connectivity index (χ0n) is 23.2. The van der Waals surface area contributed by atoms with Gasteiger partial charge in [-0.2, -0.15) is 0 Å². The van der Waals surface area contributed by atoms with Gasteiger partial charge in [-0.1, -0.05) is 109 Å². The largest absolute Gasteiger partial charge is 0.456 e. The summed E-state index contributed by atoms with van der Waals surface area (Å²) in [7, 11) is 0. The summed E-state index contributed by atoms with van der Waals surface area (Å²) in [4.78, 5) is 10.1. The van der Waals surface area contributed by atoms with Gasteiger partial charge in [0, 0.05) is 27.1 Å². The third kappa shape index (κ3) is 3.83. The summed E-state index contributed by atoms with van der Waals surface area (Å²) in [6.45, 7) is 0. The van der Waals surface area contributed by atoms with E-state index in [-0.39, 0.29) is 0 Å². The Kier molecular flexibility index (Phi) is 5.20. The molecule has 0 aliphatic rings. The van der Waals surface area contributed by atoms with Crippen LogP contribution in [-0.2, 0) is 0 Å². The number of para-hydroxylation sites is 1. The predicted molar refractivity (Wildman–Crippen MR) is 178 cm³/mol. The molecule has 0 radical (unpaired) electrons. The van der Waals surface area contributed by atoms with E-state index in [2.05, 4.69) is 109 Å². The molecule has 0 amide bonds. The van der Waals surface area contributed by atoms with E-state index < -0.39 is 0 Å². The molecule has 0 bridgehead atoms. The number of rotatable bonds is 3. The van der Waals surface area contributed by atoms with Crippen LogP contribution in [0.15, 0.2) is 150 Å². The summed E-state index contributed by atoms with van der Waals surface area (Å²) in [5.74, 6) is 0. The maximum Gasteiger partial charge on any atom is 0.135 e. The molecule has 200 valence electrons. The summed E-state index contributed by atoms with van der Waals surface area (Å²) >= 11 is 0. The molecule has 2 heterocycles. The lowest BCUT2D eigenvalue weighted by Crippen LogP contribution is -1.92. The fourth-order valence-electron chi connectivity index (χ4n) is 6.38. The van der Waals surface area contributed by atoms with Crippen molar-refractivity contribution in [3.05, 3.63) is 146 Å². The molecule has 3 nitrogen and oxygen atoms in total. The maximum absolute atomic E-state index is 6.06. The van der Waals surface area contributed by atoms with Crippen LogP contribution in [0.25, 0.3) is 88.0 Å². The summed E-state index contributed by atoms with van der Waals surface area (Å²) in [6.07, 6.45) is 1.89. The van der Waals surface area contributed by atoms with Crippen molar-refractivity contribution in [2.45, 2.75) is 0 Å². The van der Waals surface area contributed by atoms with Crippen molar-refractivity contribution in [2.75, 3.05) is 0 Å². The van der Waals surface area contributed by atoms with Gasteiger partial charge in [0.25, 0.3) is 0 Å². The van der Waals surface area contributed by atoms with Crippen LogP contribution in [0.1, 0.15) is 0 Å². The van der Waals surface area contributed by atoms with Crippen molar-refractivity contribution < 1.29 is 4.42 Å². The summed E-state index contributed by atoms with van der Waals surface area (Å²) in [5, 5.41) is 6.86. The van der Waals surface area contributed by atoms with Crippen molar-refractivity contribution >= 4 is 54.5 Å². The van der Waals surface area contributed by atoms with Gasteiger partial charge >= 0.3 is 0 Å². The average molecular weight is 549 g/mol. The second kappa shape index (κ2) is 9.37. The molecule has 0 fully saturated rings. The number of aromatic nitrogens is 2. The van der Waals surface area contributed by atoms with Gasteiger partial charge in [0.1, 0.15) is 11.2 Å². The molecule has 0 atom stereocenters. The van der Waals surface area contributed by atoms with E-state index in [1.165, 1.54) is 33.0 Å². The van der Waals surface area contributed by atoms with Crippen molar-refractivity contribution in [3.8, 4) is 33.5 Å². The molecule has 0 aliphatic heterocycles. The van der Waals surface area contributed by atoms with Gasteiger partial charge < -0.3 is 4.42 Å². The van der Waals surface area contributed by atoms with Crippen LogP contribution in [0.2, 0.25) is 0 Å². The number of nitrogens with zero attached hydrogens (tertiary/aromatic N) is 2. The molecule has 43 heavy (non-hydrogen) atoms. The molecular formula is C40H24N2O. The number of furan rings is 1. The van der Waals surface area contributed by atoms with Gasteiger partial charge in [-0.05, 0) is 63.4 Å². The second-order valence-electron chi connectivity index (χ2n) is 11.0. The molecule has 0 spiro atoms. The summed E-state index contributed by atoms with van der Waals surface area (Å²) < 4.78 is 6.06. The van der Waals surface area contributed by atoms with Crippen molar-refractivity contribution in [3.63, 3.8) is 0 Å². The van der Waals surface area contributed by atoms with E-state index in [0.717, 1.165) is 55.0 Å². The zero-order chi connectivity index (χ0) is 28.3. The fraction of sp³-hybridized carbons (Fsp3) is 0. The lowest BCUT2D eigenvalue weighted by molar-refractivity contribution is 0.669. The molecule has 9 rings (SSSR count). The van der Waals surface area contributed by atoms with Gasteiger partial charge in [0.2, 0.25) is 0 Å². The molecule has 0 saturated heterocycles. The Balaban J connectivity index is 1.20. The first-order valence-electron chi connectivity index (χ1n) is 14.5. The van der Waals surface area contributed by atoms with Crippen LogP contribution < -0.4 is 0 Å². The fourth-order valence-corrected chi connectivity index (χ4v) is 6.38. The highest BCUT2D eigenvalue weighted by molar-refractivity contribution is 6.23. The number of benzene rings is 7. The van der Waals surface area contributed by atoms with E-state index in [1.54, 1.807) is 0 Å². The van der Waals surface area contributed by atoms with Crippen molar-refractivity contribution in [2.24, 2.45) is 0 Å². The van der Waals surface area contributed by atoms with Gasteiger partial charge in [0.15, 0.2) is 0 Å². The minimum atomic E-state index is 0.882. The molecule has 0 saturated carbocycles. The Morgan fingerprint density at radius 2 is 0.977 bits per heavy atom. The molecule has 0 N–H and O–H groups in total. The minimum Gasteiger partial charge on any atom is -0.456 e. The normalized spacial score (nSPS) is 11.7. The van der Waals surface area contributed by atoms with Crippen LogP contribution in [0, 0.1) is 0 Å². The molecular weight excluding hydrogens is 524 g/mol. The Morgan fingerprint density at radius 1 is 0.372 bits per heavy atom. The second-order valence-corrected chi connectivity index (χ2v) is 11.0. The Labute approximate surface area is 247 Å². The summed E-state index contributed by atoms with van der Waals surface area (Å²) in [6, 6.07) is 49.0. The monoisotopic (exact) mass is 548 g/mol. The highest BCUT2D eigenvalue weighted by Gasteiger charge is 2.14. The average Bonchev–Trinajstić information content (AvgIpc) is 3.46. The molecule has 0 unspecified atom stereocenters. The third-order valence-electron chi connectivity index (χ3n) is 8.50. The van der Waals surface area contributed by atoms with E-state index in [4.69, 9.17) is 14.4 Å². The predicted octanol–water partition coefficient (Wildman–Crippen LogP) is 10.8. The quantitative estimate of drug-likeness (QED) is 0.206. The first-order chi connectivity index (χ1) is 21.3. The van der Waals surface area contributed by atoms with Crippen LogP contribution >= 0.6 is 0 Å². The minimum absolute atomic E-state index is 0.882. The van der Waals surface area contributed by atoms with E-state index in [1.807, 2.05) is 36.5 Å². The van der Waals surface area contributed by atoms with Crippen LogP contribution in [0.5, 0.6) is 0 Å². The van der Waals surface area contributed by atoms with Gasteiger partial charge in [-0.25, -0.2) is 4.98 Å². The lowest BCUT2D eigenvalue weighted by Gasteiger charge is -2.12. The first kappa shape index (κ1) is 23.9.